The van der Waals surface area contributed by atoms with E-state index in [0.29, 0.717) is 31.4 Å². The number of β-amino-alcohol motifs (C(OH)–C–C–N with tert-alkyl or cyclic N) is 1. The van der Waals surface area contributed by atoms with Crippen LogP contribution in [0.2, 0.25) is 0 Å². The molecule has 0 saturated carbocycles. The van der Waals surface area contributed by atoms with Gasteiger partial charge in [0.1, 0.15) is 0 Å². The minimum atomic E-state index is -0.842. The van der Waals surface area contributed by atoms with Crippen LogP contribution in [0.5, 0.6) is 0 Å². The second-order valence-electron chi connectivity index (χ2n) is 9.00. The molecule has 1 atom stereocenters. The first-order chi connectivity index (χ1) is 14.9. The number of carbonyl (C=O) groups excluding carboxylic acids is 1. The number of carbonyl (C=O) groups is 1. The lowest BCUT2D eigenvalue weighted by Crippen LogP contribution is -2.52. The zero-order valence-electron chi connectivity index (χ0n) is 18.2. The average Bonchev–Trinajstić information content (AvgIpc) is 3.21. The van der Waals surface area contributed by atoms with Gasteiger partial charge in [-0.15, -0.1) is 5.10 Å². The number of likely N-dealkylation sites (tertiary alicyclic amines) is 2. The van der Waals surface area contributed by atoms with E-state index in [0.717, 1.165) is 51.7 Å². The summed E-state index contributed by atoms with van der Waals surface area (Å²) in [7, 11) is 0. The van der Waals surface area contributed by atoms with E-state index in [1.165, 1.54) is 0 Å². The maximum atomic E-state index is 12.3. The number of piperidine rings is 1. The van der Waals surface area contributed by atoms with Crippen molar-refractivity contribution in [1.82, 2.24) is 29.4 Å². The number of amides is 1. The maximum absolute atomic E-state index is 12.3. The molecule has 2 aromatic rings. The van der Waals surface area contributed by atoms with Crippen molar-refractivity contribution in [2.75, 3.05) is 32.7 Å². The second kappa shape index (κ2) is 9.32. The van der Waals surface area contributed by atoms with E-state index in [4.69, 9.17) is 0 Å². The highest BCUT2D eigenvalue weighted by molar-refractivity contribution is 5.73. The van der Waals surface area contributed by atoms with Crippen molar-refractivity contribution < 1.29 is 9.90 Å². The molecule has 0 aliphatic carbocycles. The third-order valence-corrected chi connectivity index (χ3v) is 6.50. The molecule has 2 aliphatic heterocycles. The van der Waals surface area contributed by atoms with E-state index in [2.05, 4.69) is 15.1 Å². The summed E-state index contributed by atoms with van der Waals surface area (Å²) in [4.78, 5) is 28.2. The molecule has 4 rings (SSSR count). The van der Waals surface area contributed by atoms with Crippen LogP contribution in [0.25, 0.3) is 5.82 Å². The fraction of sp³-hybridized carbons (Fsp3) is 0.636. The molecule has 0 radical (unpaired) electrons. The summed E-state index contributed by atoms with van der Waals surface area (Å²) < 4.78 is 3.19. The normalized spacial score (nSPS) is 23.6. The number of aliphatic hydroxyl groups is 1. The topological polar surface area (TPSA) is 96.5 Å². The number of hydrogen-bond acceptors (Lipinski definition) is 6. The minimum Gasteiger partial charge on any atom is -0.387 e. The van der Waals surface area contributed by atoms with Gasteiger partial charge in [-0.05, 0) is 63.2 Å². The summed E-state index contributed by atoms with van der Waals surface area (Å²) in [6.07, 6.45) is 8.02. The predicted octanol–water partition coefficient (Wildman–Crippen LogP) is 0.905. The molecular weight excluding hydrogens is 396 g/mol. The molecular formula is C22H32N6O3. The number of nitrogens with zero attached hydrogens (tertiary/aromatic N) is 6. The molecule has 0 spiro atoms. The molecule has 31 heavy (non-hydrogen) atoms. The molecule has 0 aromatic carbocycles. The van der Waals surface area contributed by atoms with Gasteiger partial charge < -0.3 is 14.9 Å². The largest absolute Gasteiger partial charge is 0.387 e. The van der Waals surface area contributed by atoms with E-state index in [9.17, 15) is 14.7 Å². The van der Waals surface area contributed by atoms with Crippen molar-refractivity contribution in [3.63, 3.8) is 0 Å². The molecule has 0 bridgehead atoms. The Bertz CT molecular complexity index is 935. The summed E-state index contributed by atoms with van der Waals surface area (Å²) in [6.45, 7) is 5.66. The molecule has 1 unspecified atom stereocenters. The Hall–Kier alpha value is -2.52. The van der Waals surface area contributed by atoms with E-state index in [1.54, 1.807) is 45.7 Å². The SMILES string of the molecule is CC(=O)N1CCCCC(O)(CN2CCC(Cn3nc(-n4cccn4)ccc3=O)CC2)C1. The highest BCUT2D eigenvalue weighted by Gasteiger charge is 2.35. The lowest BCUT2D eigenvalue weighted by molar-refractivity contribution is -0.132. The Balaban J connectivity index is 1.33. The Labute approximate surface area is 182 Å². The van der Waals surface area contributed by atoms with Gasteiger partial charge in [0, 0.05) is 45.0 Å². The summed E-state index contributed by atoms with van der Waals surface area (Å²) >= 11 is 0. The fourth-order valence-electron chi connectivity index (χ4n) is 4.75. The van der Waals surface area contributed by atoms with Crippen LogP contribution in [-0.2, 0) is 11.3 Å². The van der Waals surface area contributed by atoms with E-state index < -0.39 is 5.60 Å². The van der Waals surface area contributed by atoms with Gasteiger partial charge in [-0.3, -0.25) is 9.59 Å². The van der Waals surface area contributed by atoms with Crippen molar-refractivity contribution in [2.24, 2.45) is 5.92 Å². The zero-order chi connectivity index (χ0) is 21.8. The number of hydrogen-bond donors (Lipinski definition) is 1. The molecule has 2 fully saturated rings. The van der Waals surface area contributed by atoms with Gasteiger partial charge in [-0.25, -0.2) is 9.36 Å². The smallest absolute Gasteiger partial charge is 0.266 e. The monoisotopic (exact) mass is 428 g/mol. The Morgan fingerprint density at radius 3 is 2.74 bits per heavy atom. The first kappa shape index (κ1) is 21.7. The van der Waals surface area contributed by atoms with Crippen molar-refractivity contribution in [1.29, 1.82) is 0 Å². The van der Waals surface area contributed by atoms with E-state index in [1.807, 2.05) is 6.07 Å². The summed E-state index contributed by atoms with van der Waals surface area (Å²) in [6, 6.07) is 5.05. The first-order valence-corrected chi connectivity index (χ1v) is 11.2. The van der Waals surface area contributed by atoms with Gasteiger partial charge in [-0.2, -0.15) is 5.10 Å². The van der Waals surface area contributed by atoms with Gasteiger partial charge in [0.15, 0.2) is 5.82 Å². The van der Waals surface area contributed by atoms with E-state index >= 15 is 0 Å². The van der Waals surface area contributed by atoms with Crippen LogP contribution in [0.1, 0.15) is 39.0 Å². The molecule has 2 saturated heterocycles. The molecule has 2 aromatic heterocycles. The van der Waals surface area contributed by atoms with Crippen molar-refractivity contribution in [3.8, 4) is 5.82 Å². The molecule has 1 N–H and O–H groups in total. The van der Waals surface area contributed by atoms with Crippen molar-refractivity contribution in [2.45, 2.75) is 51.2 Å². The summed E-state index contributed by atoms with van der Waals surface area (Å²) in [5.74, 6) is 1.04. The molecule has 168 valence electrons. The van der Waals surface area contributed by atoms with Crippen LogP contribution in [0.3, 0.4) is 0 Å². The second-order valence-corrected chi connectivity index (χ2v) is 9.00. The fourth-order valence-corrected chi connectivity index (χ4v) is 4.75. The first-order valence-electron chi connectivity index (χ1n) is 11.2. The Kier molecular flexibility index (Phi) is 6.52. The van der Waals surface area contributed by atoms with Crippen LogP contribution in [-0.4, -0.2) is 78.7 Å². The van der Waals surface area contributed by atoms with Gasteiger partial charge in [0.25, 0.3) is 5.56 Å². The Morgan fingerprint density at radius 1 is 1.23 bits per heavy atom. The lowest BCUT2D eigenvalue weighted by atomic mass is 9.92. The minimum absolute atomic E-state index is 0.0364. The molecule has 1 amide bonds. The number of rotatable bonds is 5. The van der Waals surface area contributed by atoms with Gasteiger partial charge >= 0.3 is 0 Å². The average molecular weight is 429 g/mol. The Morgan fingerprint density at radius 2 is 2.03 bits per heavy atom. The highest BCUT2D eigenvalue weighted by Crippen LogP contribution is 2.25. The van der Waals surface area contributed by atoms with Crippen LogP contribution in [0.4, 0.5) is 0 Å². The highest BCUT2D eigenvalue weighted by atomic mass is 16.3. The number of aromatic nitrogens is 4. The molecule has 9 heteroatoms. The van der Waals surface area contributed by atoms with Crippen LogP contribution in [0.15, 0.2) is 35.4 Å². The summed E-state index contributed by atoms with van der Waals surface area (Å²) in [5, 5.41) is 19.8. The van der Waals surface area contributed by atoms with Crippen molar-refractivity contribution in [3.05, 3.63) is 40.9 Å². The zero-order valence-corrected chi connectivity index (χ0v) is 18.2. The maximum Gasteiger partial charge on any atom is 0.266 e. The van der Waals surface area contributed by atoms with Gasteiger partial charge in [0.2, 0.25) is 5.91 Å². The molecule has 2 aliphatic rings. The van der Waals surface area contributed by atoms with Crippen LogP contribution in [0, 0.1) is 5.92 Å². The summed E-state index contributed by atoms with van der Waals surface area (Å²) in [5.41, 5.74) is -0.943. The van der Waals surface area contributed by atoms with Crippen molar-refractivity contribution >= 4 is 5.91 Å². The standard InChI is InChI=1S/C22H32N6O3/c1-18(29)26-11-3-2-9-22(31,17-26)16-25-13-7-19(8-14-25)15-28-21(30)6-5-20(24-28)27-12-4-10-23-27/h4-6,10,12,19,31H,2-3,7-9,11,13-17H2,1H3. The van der Waals surface area contributed by atoms with E-state index in [-0.39, 0.29) is 11.5 Å². The molecule has 4 heterocycles. The molecule has 9 nitrogen and oxygen atoms in total. The third kappa shape index (κ3) is 5.40. The van der Waals surface area contributed by atoms with Gasteiger partial charge in [-0.1, -0.05) is 0 Å². The van der Waals surface area contributed by atoms with Gasteiger partial charge in [0.05, 0.1) is 12.1 Å². The predicted molar refractivity (Wildman–Crippen MR) is 116 cm³/mol. The third-order valence-electron chi connectivity index (χ3n) is 6.50. The quantitative estimate of drug-likeness (QED) is 0.760. The van der Waals surface area contributed by atoms with Crippen LogP contribution < -0.4 is 5.56 Å². The van der Waals surface area contributed by atoms with Crippen LogP contribution >= 0.6 is 0 Å². The lowest BCUT2D eigenvalue weighted by Gasteiger charge is -2.39.